The molecule has 2 rings (SSSR count). The zero-order chi connectivity index (χ0) is 13.7. The van der Waals surface area contributed by atoms with Crippen molar-refractivity contribution in [1.29, 1.82) is 0 Å². The van der Waals surface area contributed by atoms with Crippen LogP contribution in [0.2, 0.25) is 0 Å². The maximum Gasteiger partial charge on any atom is 0.246 e. The van der Waals surface area contributed by atoms with Gasteiger partial charge in [0, 0.05) is 19.2 Å². The minimum absolute atomic E-state index is 0.118. The van der Waals surface area contributed by atoms with Crippen molar-refractivity contribution in [2.24, 2.45) is 0 Å². The Bertz CT molecular complexity index is 441. The summed E-state index contributed by atoms with van der Waals surface area (Å²) in [6.45, 7) is 2.06. The van der Waals surface area contributed by atoms with E-state index in [1.165, 1.54) is 24.8 Å². The summed E-state index contributed by atoms with van der Waals surface area (Å²) in [7, 11) is 1.93. The van der Waals surface area contributed by atoms with E-state index in [9.17, 15) is 4.79 Å². The number of nitrogens with zero attached hydrogens (tertiary/aromatic N) is 1. The van der Waals surface area contributed by atoms with Gasteiger partial charge in [-0.25, -0.2) is 0 Å². The normalized spacial score (nSPS) is 16.7. The van der Waals surface area contributed by atoms with E-state index in [1.54, 1.807) is 6.08 Å². The Morgan fingerprint density at radius 1 is 1.16 bits per heavy atom. The third-order valence-corrected chi connectivity index (χ3v) is 3.97. The average Bonchev–Trinajstić information content (AvgIpc) is 2.46. The molecule has 0 unspecified atom stereocenters. The van der Waals surface area contributed by atoms with Gasteiger partial charge in [-0.1, -0.05) is 49.1 Å². The van der Waals surface area contributed by atoms with Crippen LogP contribution in [0.15, 0.2) is 30.3 Å². The Morgan fingerprint density at radius 3 is 2.42 bits per heavy atom. The van der Waals surface area contributed by atoms with Gasteiger partial charge in [0.2, 0.25) is 5.91 Å². The van der Waals surface area contributed by atoms with Crippen molar-refractivity contribution in [2.45, 2.75) is 45.1 Å². The number of rotatable bonds is 3. The topological polar surface area (TPSA) is 20.3 Å². The second kappa shape index (κ2) is 6.55. The first kappa shape index (κ1) is 13.9. The lowest BCUT2D eigenvalue weighted by molar-refractivity contribution is -0.127. The highest BCUT2D eigenvalue weighted by atomic mass is 16.2. The van der Waals surface area contributed by atoms with Crippen molar-refractivity contribution in [3.63, 3.8) is 0 Å². The molecule has 0 aliphatic heterocycles. The number of carbonyl (C=O) groups excluding carboxylic acids is 1. The van der Waals surface area contributed by atoms with E-state index >= 15 is 0 Å². The lowest BCUT2D eigenvalue weighted by Gasteiger charge is -2.30. The first-order valence-corrected chi connectivity index (χ1v) is 7.18. The molecular weight excluding hydrogens is 234 g/mol. The molecule has 1 fully saturated rings. The second-order valence-corrected chi connectivity index (χ2v) is 5.48. The molecule has 0 bridgehead atoms. The number of benzene rings is 1. The molecule has 2 nitrogen and oxygen atoms in total. The highest BCUT2D eigenvalue weighted by molar-refractivity contribution is 5.91. The van der Waals surface area contributed by atoms with Crippen LogP contribution in [0.1, 0.15) is 43.2 Å². The fraction of sp³-hybridized carbons (Fsp3) is 0.471. The van der Waals surface area contributed by atoms with Crippen molar-refractivity contribution in [2.75, 3.05) is 7.05 Å². The van der Waals surface area contributed by atoms with Crippen molar-refractivity contribution in [3.8, 4) is 0 Å². The van der Waals surface area contributed by atoms with Crippen LogP contribution in [0.25, 0.3) is 6.08 Å². The zero-order valence-corrected chi connectivity index (χ0v) is 11.9. The molecule has 19 heavy (non-hydrogen) atoms. The van der Waals surface area contributed by atoms with Crippen molar-refractivity contribution < 1.29 is 4.79 Å². The van der Waals surface area contributed by atoms with Crippen molar-refractivity contribution in [1.82, 2.24) is 4.90 Å². The van der Waals surface area contributed by atoms with Gasteiger partial charge in [-0.2, -0.15) is 0 Å². The molecule has 2 heteroatoms. The van der Waals surface area contributed by atoms with Gasteiger partial charge in [-0.05, 0) is 31.4 Å². The smallest absolute Gasteiger partial charge is 0.246 e. The largest absolute Gasteiger partial charge is 0.339 e. The molecule has 0 radical (unpaired) electrons. The monoisotopic (exact) mass is 257 g/mol. The molecule has 0 heterocycles. The third-order valence-electron chi connectivity index (χ3n) is 3.97. The predicted molar refractivity (Wildman–Crippen MR) is 79.9 cm³/mol. The van der Waals surface area contributed by atoms with E-state index < -0.39 is 0 Å². The first-order valence-electron chi connectivity index (χ1n) is 7.18. The van der Waals surface area contributed by atoms with E-state index in [0.29, 0.717) is 6.04 Å². The van der Waals surface area contributed by atoms with Crippen LogP contribution < -0.4 is 0 Å². The Hall–Kier alpha value is -1.57. The molecular formula is C17H23NO. The Morgan fingerprint density at radius 2 is 1.79 bits per heavy atom. The van der Waals surface area contributed by atoms with Crippen LogP contribution in [0, 0.1) is 6.92 Å². The van der Waals surface area contributed by atoms with E-state index in [4.69, 9.17) is 0 Å². The predicted octanol–water partition coefficient (Wildman–Crippen LogP) is 3.80. The lowest BCUT2D eigenvalue weighted by Crippen LogP contribution is -2.37. The lowest BCUT2D eigenvalue weighted by atomic mass is 9.94. The van der Waals surface area contributed by atoms with Gasteiger partial charge in [0.1, 0.15) is 0 Å². The second-order valence-electron chi connectivity index (χ2n) is 5.48. The quantitative estimate of drug-likeness (QED) is 0.754. The van der Waals surface area contributed by atoms with Gasteiger partial charge in [-0.3, -0.25) is 4.79 Å². The molecule has 0 spiro atoms. The fourth-order valence-electron chi connectivity index (χ4n) is 2.61. The highest BCUT2D eigenvalue weighted by Gasteiger charge is 2.20. The van der Waals surface area contributed by atoms with Gasteiger partial charge in [0.25, 0.3) is 0 Å². The summed E-state index contributed by atoms with van der Waals surface area (Å²) in [5.41, 5.74) is 2.32. The third kappa shape index (κ3) is 3.95. The van der Waals surface area contributed by atoms with Gasteiger partial charge < -0.3 is 4.90 Å². The maximum absolute atomic E-state index is 12.1. The maximum atomic E-state index is 12.1. The molecule has 1 amide bonds. The Labute approximate surface area is 116 Å². The molecule has 1 aromatic rings. The van der Waals surface area contributed by atoms with E-state index in [1.807, 2.05) is 30.2 Å². The van der Waals surface area contributed by atoms with Gasteiger partial charge in [0.05, 0.1) is 0 Å². The Balaban J connectivity index is 1.93. The number of amides is 1. The number of hydrogen-bond acceptors (Lipinski definition) is 1. The van der Waals surface area contributed by atoms with E-state index in [0.717, 1.165) is 18.4 Å². The number of likely N-dealkylation sites (N-methyl/N-ethyl adjacent to an activating group) is 1. The van der Waals surface area contributed by atoms with Crippen LogP contribution in [-0.4, -0.2) is 23.9 Å². The molecule has 1 saturated carbocycles. The molecule has 1 aliphatic rings. The van der Waals surface area contributed by atoms with Crippen LogP contribution >= 0.6 is 0 Å². The summed E-state index contributed by atoms with van der Waals surface area (Å²) < 4.78 is 0. The summed E-state index contributed by atoms with van der Waals surface area (Å²) in [6, 6.07) is 8.65. The van der Waals surface area contributed by atoms with Crippen molar-refractivity contribution in [3.05, 3.63) is 41.5 Å². The number of hydrogen-bond donors (Lipinski definition) is 0. The number of aryl methyl sites for hydroxylation is 1. The van der Waals surface area contributed by atoms with Crippen molar-refractivity contribution >= 4 is 12.0 Å². The van der Waals surface area contributed by atoms with E-state index in [-0.39, 0.29) is 5.91 Å². The van der Waals surface area contributed by atoms with Crippen LogP contribution in [0.5, 0.6) is 0 Å². The molecule has 1 aliphatic carbocycles. The summed E-state index contributed by atoms with van der Waals surface area (Å²) in [5, 5.41) is 0. The standard InChI is InChI=1S/C17H23NO/c1-14-8-10-15(11-9-14)12-13-17(19)18(2)16-6-4-3-5-7-16/h8-13,16H,3-7H2,1-2H3/b13-12+. The summed E-state index contributed by atoms with van der Waals surface area (Å²) >= 11 is 0. The van der Waals surface area contributed by atoms with Gasteiger partial charge >= 0.3 is 0 Å². The minimum Gasteiger partial charge on any atom is -0.339 e. The fourth-order valence-corrected chi connectivity index (χ4v) is 2.61. The molecule has 0 N–H and O–H groups in total. The molecule has 0 atom stereocenters. The molecule has 1 aromatic carbocycles. The first-order chi connectivity index (χ1) is 9.16. The number of carbonyl (C=O) groups is 1. The van der Waals surface area contributed by atoms with Crippen LogP contribution in [0.3, 0.4) is 0 Å². The molecule has 0 aromatic heterocycles. The van der Waals surface area contributed by atoms with Gasteiger partial charge in [-0.15, -0.1) is 0 Å². The zero-order valence-electron chi connectivity index (χ0n) is 11.9. The summed E-state index contributed by atoms with van der Waals surface area (Å²) in [4.78, 5) is 14.0. The van der Waals surface area contributed by atoms with E-state index in [2.05, 4.69) is 19.1 Å². The Kier molecular flexibility index (Phi) is 4.78. The van der Waals surface area contributed by atoms with Crippen LogP contribution in [-0.2, 0) is 4.79 Å². The average molecular weight is 257 g/mol. The summed E-state index contributed by atoms with van der Waals surface area (Å²) in [5.74, 6) is 0.118. The highest BCUT2D eigenvalue weighted by Crippen LogP contribution is 2.21. The molecule has 102 valence electrons. The summed E-state index contributed by atoms with van der Waals surface area (Å²) in [6.07, 6.45) is 9.73. The molecule has 0 saturated heterocycles. The van der Waals surface area contributed by atoms with Gasteiger partial charge in [0.15, 0.2) is 0 Å². The SMILES string of the molecule is Cc1ccc(/C=C/C(=O)N(C)C2CCCCC2)cc1. The minimum atomic E-state index is 0.118. The van der Waals surface area contributed by atoms with Crippen LogP contribution in [0.4, 0.5) is 0 Å².